The van der Waals surface area contributed by atoms with Crippen LogP contribution in [0.3, 0.4) is 0 Å². The molecule has 2 aromatic carbocycles. The first-order chi connectivity index (χ1) is 14.8. The highest BCUT2D eigenvalue weighted by Gasteiger charge is 2.37. The number of amides is 3. The van der Waals surface area contributed by atoms with E-state index in [-0.39, 0.29) is 41.5 Å². The van der Waals surface area contributed by atoms with Crippen molar-refractivity contribution < 1.29 is 19.3 Å². The fourth-order valence-electron chi connectivity index (χ4n) is 3.09. The zero-order chi connectivity index (χ0) is 22.1. The lowest BCUT2D eigenvalue weighted by Crippen LogP contribution is -2.29. The van der Waals surface area contributed by atoms with Crippen LogP contribution < -0.4 is 5.32 Å². The van der Waals surface area contributed by atoms with Crippen molar-refractivity contribution in [3.8, 4) is 0 Å². The second-order valence-electron chi connectivity index (χ2n) is 6.62. The van der Waals surface area contributed by atoms with Gasteiger partial charge in [0.25, 0.3) is 17.5 Å². The van der Waals surface area contributed by atoms with E-state index in [1.165, 1.54) is 23.0 Å². The molecule has 1 aromatic heterocycles. The summed E-state index contributed by atoms with van der Waals surface area (Å²) < 4.78 is 2.01. The lowest BCUT2D eigenvalue weighted by molar-refractivity contribution is -0.384. The van der Waals surface area contributed by atoms with Gasteiger partial charge >= 0.3 is 0 Å². The topological polar surface area (TPSA) is 140 Å². The van der Waals surface area contributed by atoms with E-state index in [1.807, 2.05) is 6.07 Å². The van der Waals surface area contributed by atoms with E-state index in [2.05, 4.69) is 31.6 Å². The lowest BCUT2D eigenvalue weighted by Gasteiger charge is -2.11. The van der Waals surface area contributed by atoms with E-state index < -0.39 is 16.7 Å². The third-order valence-electron chi connectivity index (χ3n) is 4.52. The molecule has 3 amide bonds. The van der Waals surface area contributed by atoms with E-state index in [1.54, 1.807) is 18.2 Å². The van der Waals surface area contributed by atoms with Gasteiger partial charge < -0.3 is 5.32 Å². The molecule has 0 saturated carbocycles. The van der Waals surface area contributed by atoms with Crippen LogP contribution >= 0.6 is 15.9 Å². The van der Waals surface area contributed by atoms with Crippen LogP contribution in [0, 0.1) is 10.1 Å². The van der Waals surface area contributed by atoms with E-state index in [0.717, 1.165) is 15.4 Å². The van der Waals surface area contributed by atoms with E-state index >= 15 is 0 Å². The highest BCUT2D eigenvalue weighted by Crippen LogP contribution is 2.27. The predicted octanol–water partition coefficient (Wildman–Crippen LogP) is 2.38. The molecule has 0 bridgehead atoms. The summed E-state index contributed by atoms with van der Waals surface area (Å²) in [5.41, 5.74) is 0.685. The molecule has 11 nitrogen and oxygen atoms in total. The first-order valence-electron chi connectivity index (χ1n) is 8.91. The minimum atomic E-state index is -0.648. The van der Waals surface area contributed by atoms with Crippen molar-refractivity contribution in [3.63, 3.8) is 0 Å². The van der Waals surface area contributed by atoms with Crippen LogP contribution in [-0.2, 0) is 17.9 Å². The number of carbonyl (C=O) groups excluding carboxylic acids is 3. The summed E-state index contributed by atoms with van der Waals surface area (Å²) in [5.74, 6) is -1.56. The van der Waals surface area contributed by atoms with E-state index in [9.17, 15) is 24.5 Å². The highest BCUT2D eigenvalue weighted by atomic mass is 79.9. The van der Waals surface area contributed by atoms with Crippen molar-refractivity contribution in [3.05, 3.63) is 80.1 Å². The molecule has 1 aliphatic rings. The molecule has 0 atom stereocenters. The zero-order valence-electron chi connectivity index (χ0n) is 15.7. The summed E-state index contributed by atoms with van der Waals surface area (Å²) in [6.07, 6.45) is 1.45. The van der Waals surface area contributed by atoms with E-state index in [4.69, 9.17) is 0 Å². The number of rotatable bonds is 6. The minimum absolute atomic E-state index is 0.0283. The summed E-state index contributed by atoms with van der Waals surface area (Å²) >= 11 is 3.34. The first-order valence-corrected chi connectivity index (χ1v) is 9.71. The Hall–Kier alpha value is -3.93. The predicted molar refractivity (Wildman–Crippen MR) is 110 cm³/mol. The van der Waals surface area contributed by atoms with Crippen LogP contribution in [0.5, 0.6) is 0 Å². The van der Waals surface area contributed by atoms with Crippen LogP contribution in [0.2, 0.25) is 0 Å². The van der Waals surface area contributed by atoms with Gasteiger partial charge in [0.2, 0.25) is 5.91 Å². The Balaban J connectivity index is 1.43. The molecule has 0 aliphatic carbocycles. The minimum Gasteiger partial charge on any atom is -0.323 e. The second kappa shape index (κ2) is 8.07. The average Bonchev–Trinajstić information content (AvgIpc) is 3.27. The molecule has 2 heterocycles. The fourth-order valence-corrected chi connectivity index (χ4v) is 3.47. The number of nitrogens with zero attached hydrogens (tertiary/aromatic N) is 5. The molecule has 12 heteroatoms. The number of nitro benzene ring substituents is 1. The van der Waals surface area contributed by atoms with Crippen LogP contribution in [-0.4, -0.2) is 42.5 Å². The number of non-ortho nitro benzene ring substituents is 1. The molecular formula is C19H13BrN6O5. The SMILES string of the molecule is O=C(Cn1cc(CN2C(=O)c3ccc([N+](=O)[O-])cc3C2=O)nn1)Nc1ccccc1Br. The Bertz CT molecular complexity index is 1240. The molecule has 1 aliphatic heterocycles. The average molecular weight is 485 g/mol. The summed E-state index contributed by atoms with van der Waals surface area (Å²) in [6, 6.07) is 10.6. The van der Waals surface area contributed by atoms with Gasteiger partial charge in [-0.15, -0.1) is 5.10 Å². The number of anilines is 1. The number of para-hydroxylation sites is 1. The van der Waals surface area contributed by atoms with E-state index in [0.29, 0.717) is 5.69 Å². The maximum Gasteiger partial charge on any atom is 0.270 e. The molecule has 0 fully saturated rings. The molecular weight excluding hydrogens is 472 g/mol. The molecule has 0 saturated heterocycles. The number of hydrogen-bond donors (Lipinski definition) is 1. The van der Waals surface area contributed by atoms with Gasteiger partial charge in [-0.2, -0.15) is 0 Å². The molecule has 0 unspecified atom stereocenters. The van der Waals surface area contributed by atoms with Crippen molar-refractivity contribution in [2.75, 3.05) is 5.32 Å². The number of fused-ring (bicyclic) bond motifs is 1. The van der Waals surface area contributed by atoms with Crippen molar-refractivity contribution in [1.82, 2.24) is 19.9 Å². The number of imide groups is 1. The van der Waals surface area contributed by atoms with Gasteiger partial charge in [0.15, 0.2) is 0 Å². The molecule has 0 spiro atoms. The van der Waals surface area contributed by atoms with Gasteiger partial charge in [0, 0.05) is 16.6 Å². The third kappa shape index (κ3) is 4.05. The normalized spacial score (nSPS) is 12.7. The number of aromatic nitrogens is 3. The van der Waals surface area contributed by atoms with Gasteiger partial charge in [-0.3, -0.25) is 29.4 Å². The van der Waals surface area contributed by atoms with Crippen LogP contribution in [0.15, 0.2) is 53.1 Å². The van der Waals surface area contributed by atoms with Crippen molar-refractivity contribution >= 4 is 45.0 Å². The van der Waals surface area contributed by atoms with Crippen LogP contribution in [0.25, 0.3) is 0 Å². The quantitative estimate of drug-likeness (QED) is 0.321. The van der Waals surface area contributed by atoms with Crippen molar-refractivity contribution in [2.45, 2.75) is 13.1 Å². The van der Waals surface area contributed by atoms with Crippen molar-refractivity contribution in [1.29, 1.82) is 0 Å². The van der Waals surface area contributed by atoms with Gasteiger partial charge in [0.05, 0.1) is 34.5 Å². The third-order valence-corrected chi connectivity index (χ3v) is 5.22. The number of carbonyl (C=O) groups is 3. The fraction of sp³-hybridized carbons (Fsp3) is 0.105. The number of benzene rings is 2. The summed E-state index contributed by atoms with van der Waals surface area (Å²) in [6.45, 7) is -0.297. The zero-order valence-corrected chi connectivity index (χ0v) is 17.3. The lowest BCUT2D eigenvalue weighted by atomic mass is 10.1. The van der Waals surface area contributed by atoms with Gasteiger partial charge in [0.1, 0.15) is 12.2 Å². The number of hydrogen-bond acceptors (Lipinski definition) is 7. The maximum absolute atomic E-state index is 12.6. The molecule has 0 radical (unpaired) electrons. The van der Waals surface area contributed by atoms with Gasteiger partial charge in [-0.1, -0.05) is 17.3 Å². The van der Waals surface area contributed by atoms with Crippen LogP contribution in [0.4, 0.5) is 11.4 Å². The largest absolute Gasteiger partial charge is 0.323 e. The Morgan fingerprint density at radius 1 is 1.13 bits per heavy atom. The molecule has 1 N–H and O–H groups in total. The number of halogens is 1. The highest BCUT2D eigenvalue weighted by molar-refractivity contribution is 9.10. The maximum atomic E-state index is 12.6. The number of nitrogens with one attached hydrogen (secondary N) is 1. The summed E-state index contributed by atoms with van der Waals surface area (Å²) in [5, 5.41) is 21.4. The number of nitro groups is 1. The molecule has 31 heavy (non-hydrogen) atoms. The molecule has 4 rings (SSSR count). The molecule has 156 valence electrons. The summed E-state index contributed by atoms with van der Waals surface area (Å²) in [7, 11) is 0. The van der Waals surface area contributed by atoms with Crippen LogP contribution in [0.1, 0.15) is 26.4 Å². The van der Waals surface area contributed by atoms with Gasteiger partial charge in [-0.25, -0.2) is 4.68 Å². The monoisotopic (exact) mass is 484 g/mol. The second-order valence-corrected chi connectivity index (χ2v) is 7.47. The molecule has 3 aromatic rings. The first kappa shape index (κ1) is 20.3. The Kier molecular flexibility index (Phi) is 5.29. The Morgan fingerprint density at radius 3 is 2.61 bits per heavy atom. The standard InChI is InChI=1S/C19H13BrN6O5/c20-15-3-1-2-4-16(15)21-17(27)10-24-8-11(22-23-24)9-25-18(28)13-6-5-12(26(30)31)7-14(13)19(25)29/h1-8H,9-10H2,(H,21,27). The van der Waals surface area contributed by atoms with Crippen molar-refractivity contribution in [2.24, 2.45) is 0 Å². The Morgan fingerprint density at radius 2 is 1.87 bits per heavy atom. The summed E-state index contributed by atoms with van der Waals surface area (Å²) in [4.78, 5) is 48.5. The Labute approximate surface area is 182 Å². The smallest absolute Gasteiger partial charge is 0.270 e. The van der Waals surface area contributed by atoms with Gasteiger partial charge in [-0.05, 0) is 34.1 Å².